The molecule has 0 aliphatic carbocycles. The summed E-state index contributed by atoms with van der Waals surface area (Å²) in [6.45, 7) is 5.22. The summed E-state index contributed by atoms with van der Waals surface area (Å²) in [7, 11) is 1.63. The van der Waals surface area contributed by atoms with Gasteiger partial charge in [0.15, 0.2) is 0 Å². The number of ether oxygens (including phenoxy) is 1. The van der Waals surface area contributed by atoms with Gasteiger partial charge in [-0.15, -0.1) is 0 Å². The molecular weight excluding hydrogens is 346 g/mol. The van der Waals surface area contributed by atoms with Crippen LogP contribution in [0.1, 0.15) is 42.6 Å². The first-order valence-corrected chi connectivity index (χ1v) is 9.74. The van der Waals surface area contributed by atoms with E-state index in [1.54, 1.807) is 12.0 Å². The molecule has 8 heteroatoms. The summed E-state index contributed by atoms with van der Waals surface area (Å²) in [5, 5.41) is 2.96. The smallest absolute Gasteiger partial charge is 0.274 e. The van der Waals surface area contributed by atoms with Gasteiger partial charge >= 0.3 is 0 Å². The van der Waals surface area contributed by atoms with Crippen molar-refractivity contribution in [2.24, 2.45) is 0 Å². The lowest BCUT2D eigenvalue weighted by molar-refractivity contribution is -0.121. The number of hydrogen-bond donors (Lipinski definition) is 1. The molecule has 0 atom stereocenters. The Hall–Kier alpha value is -2.06. The van der Waals surface area contributed by atoms with Crippen molar-refractivity contribution in [1.29, 1.82) is 0 Å². The van der Waals surface area contributed by atoms with E-state index in [0.29, 0.717) is 38.4 Å². The molecule has 0 spiro atoms. The minimum Gasteiger partial charge on any atom is -0.385 e. The summed E-state index contributed by atoms with van der Waals surface area (Å²) in [6, 6.07) is 0. The van der Waals surface area contributed by atoms with E-state index in [0.717, 1.165) is 19.6 Å². The number of nitrogens with zero attached hydrogens (tertiary/aromatic N) is 4. The molecule has 1 aliphatic rings. The summed E-state index contributed by atoms with van der Waals surface area (Å²) in [5.74, 6) is -0.240. The lowest BCUT2D eigenvalue weighted by atomic mass is 10.1. The highest BCUT2D eigenvalue weighted by Gasteiger charge is 2.18. The maximum Gasteiger partial charge on any atom is 0.274 e. The molecule has 1 aliphatic heterocycles. The second kappa shape index (κ2) is 12.3. The number of likely N-dealkylation sites (tertiary alicyclic amines) is 1. The molecule has 2 rings (SSSR count). The molecule has 1 aromatic rings. The molecule has 0 aromatic carbocycles. The Labute approximate surface area is 161 Å². The minimum absolute atomic E-state index is 0.0318. The molecule has 2 amide bonds. The molecule has 1 saturated heterocycles. The third-order valence-electron chi connectivity index (χ3n) is 4.65. The van der Waals surface area contributed by atoms with Crippen LogP contribution >= 0.6 is 0 Å². The van der Waals surface area contributed by atoms with Crippen molar-refractivity contribution in [2.45, 2.75) is 32.1 Å². The number of nitrogens with one attached hydrogen (secondary N) is 1. The normalized spacial score (nSPS) is 14.7. The van der Waals surface area contributed by atoms with Crippen LogP contribution in [0.15, 0.2) is 18.6 Å². The van der Waals surface area contributed by atoms with Gasteiger partial charge in [0.2, 0.25) is 5.91 Å². The maximum atomic E-state index is 12.6. The van der Waals surface area contributed by atoms with Gasteiger partial charge in [-0.3, -0.25) is 14.6 Å². The average molecular weight is 377 g/mol. The second-order valence-corrected chi connectivity index (χ2v) is 6.73. The molecule has 0 radical (unpaired) electrons. The van der Waals surface area contributed by atoms with Crippen molar-refractivity contribution in [2.75, 3.05) is 53.0 Å². The third kappa shape index (κ3) is 8.01. The first-order chi connectivity index (χ1) is 13.2. The molecule has 27 heavy (non-hydrogen) atoms. The van der Waals surface area contributed by atoms with Crippen LogP contribution in [-0.2, 0) is 9.53 Å². The predicted molar refractivity (Wildman–Crippen MR) is 102 cm³/mol. The SMILES string of the molecule is COCCCN(CCC(=O)NCCN1CCCCC1)C(=O)c1cnccn1. The van der Waals surface area contributed by atoms with Crippen LogP contribution in [0, 0.1) is 0 Å². The Bertz CT molecular complexity index is 564. The first-order valence-electron chi connectivity index (χ1n) is 9.74. The van der Waals surface area contributed by atoms with Gasteiger partial charge in [-0.05, 0) is 32.4 Å². The van der Waals surface area contributed by atoms with Crippen LogP contribution in [0.3, 0.4) is 0 Å². The number of amides is 2. The minimum atomic E-state index is -0.208. The Kier molecular flexibility index (Phi) is 9.72. The standard InChI is InChI=1S/C19H31N5O3/c1-27-15-5-12-24(19(26)17-16-20-7-8-21-17)13-6-18(25)22-9-14-23-10-3-2-4-11-23/h7-8,16H,2-6,9-15H2,1H3,(H,22,25). The Balaban J connectivity index is 1.75. The highest BCUT2D eigenvalue weighted by Crippen LogP contribution is 2.07. The number of carbonyl (C=O) groups excluding carboxylic acids is 2. The van der Waals surface area contributed by atoms with Crippen molar-refractivity contribution in [3.63, 3.8) is 0 Å². The van der Waals surface area contributed by atoms with Gasteiger partial charge in [-0.2, -0.15) is 0 Å². The van der Waals surface area contributed by atoms with Crippen molar-refractivity contribution >= 4 is 11.8 Å². The molecule has 1 fully saturated rings. The fraction of sp³-hybridized carbons (Fsp3) is 0.684. The number of methoxy groups -OCH3 is 1. The van der Waals surface area contributed by atoms with E-state index < -0.39 is 0 Å². The fourth-order valence-electron chi connectivity index (χ4n) is 3.15. The van der Waals surface area contributed by atoms with E-state index in [1.165, 1.54) is 37.9 Å². The Morgan fingerprint density at radius 3 is 2.74 bits per heavy atom. The summed E-state index contributed by atoms with van der Waals surface area (Å²) in [5.41, 5.74) is 0.292. The quantitative estimate of drug-likeness (QED) is 0.578. The lowest BCUT2D eigenvalue weighted by Crippen LogP contribution is -2.39. The zero-order valence-corrected chi connectivity index (χ0v) is 16.2. The van der Waals surface area contributed by atoms with Gasteiger partial charge < -0.3 is 19.9 Å². The zero-order valence-electron chi connectivity index (χ0n) is 16.2. The highest BCUT2D eigenvalue weighted by molar-refractivity contribution is 5.92. The molecule has 0 saturated carbocycles. The van der Waals surface area contributed by atoms with Gasteiger partial charge in [0.25, 0.3) is 5.91 Å². The fourth-order valence-corrected chi connectivity index (χ4v) is 3.15. The van der Waals surface area contributed by atoms with E-state index in [2.05, 4.69) is 20.2 Å². The summed E-state index contributed by atoms with van der Waals surface area (Å²) < 4.78 is 5.06. The van der Waals surface area contributed by atoms with Crippen LogP contribution in [0.25, 0.3) is 0 Å². The van der Waals surface area contributed by atoms with Gasteiger partial charge in [-0.1, -0.05) is 6.42 Å². The highest BCUT2D eigenvalue weighted by atomic mass is 16.5. The topological polar surface area (TPSA) is 87.7 Å². The monoisotopic (exact) mass is 377 g/mol. The largest absolute Gasteiger partial charge is 0.385 e. The molecule has 1 aromatic heterocycles. The van der Waals surface area contributed by atoms with E-state index in [4.69, 9.17) is 4.74 Å². The zero-order chi connectivity index (χ0) is 19.3. The predicted octanol–water partition coefficient (Wildman–Crippen LogP) is 0.948. The number of hydrogen-bond acceptors (Lipinski definition) is 6. The van der Waals surface area contributed by atoms with E-state index in [-0.39, 0.29) is 18.2 Å². The maximum absolute atomic E-state index is 12.6. The van der Waals surface area contributed by atoms with Crippen LogP contribution in [0.2, 0.25) is 0 Å². The molecule has 150 valence electrons. The second-order valence-electron chi connectivity index (χ2n) is 6.73. The van der Waals surface area contributed by atoms with Crippen LogP contribution < -0.4 is 5.32 Å². The molecular formula is C19H31N5O3. The Morgan fingerprint density at radius 2 is 2.04 bits per heavy atom. The van der Waals surface area contributed by atoms with Crippen molar-refractivity contribution in [1.82, 2.24) is 25.1 Å². The molecule has 2 heterocycles. The molecule has 1 N–H and O–H groups in total. The van der Waals surface area contributed by atoms with Crippen molar-refractivity contribution in [3.05, 3.63) is 24.3 Å². The first kappa shape index (κ1) is 21.2. The van der Waals surface area contributed by atoms with Crippen molar-refractivity contribution in [3.8, 4) is 0 Å². The lowest BCUT2D eigenvalue weighted by Gasteiger charge is -2.26. The average Bonchev–Trinajstić information content (AvgIpc) is 2.71. The molecule has 0 bridgehead atoms. The molecule has 8 nitrogen and oxygen atoms in total. The number of carbonyl (C=O) groups is 2. The van der Waals surface area contributed by atoms with Crippen molar-refractivity contribution < 1.29 is 14.3 Å². The van der Waals surface area contributed by atoms with Crippen LogP contribution in [-0.4, -0.2) is 84.6 Å². The van der Waals surface area contributed by atoms with Gasteiger partial charge in [0, 0.05) is 58.7 Å². The van der Waals surface area contributed by atoms with E-state index in [1.807, 2.05) is 0 Å². The third-order valence-corrected chi connectivity index (χ3v) is 4.65. The van der Waals surface area contributed by atoms with E-state index in [9.17, 15) is 9.59 Å². The summed E-state index contributed by atoms with van der Waals surface area (Å²) in [4.78, 5) is 36.8. The van der Waals surface area contributed by atoms with E-state index >= 15 is 0 Å². The van der Waals surface area contributed by atoms with Crippen LogP contribution in [0.4, 0.5) is 0 Å². The van der Waals surface area contributed by atoms with Crippen LogP contribution in [0.5, 0.6) is 0 Å². The number of aromatic nitrogens is 2. The summed E-state index contributed by atoms with van der Waals surface area (Å²) in [6.07, 6.45) is 9.25. The number of rotatable bonds is 11. The Morgan fingerprint density at radius 1 is 1.22 bits per heavy atom. The number of piperidine rings is 1. The molecule has 0 unspecified atom stereocenters. The van der Waals surface area contributed by atoms with Gasteiger partial charge in [0.05, 0.1) is 6.20 Å². The van der Waals surface area contributed by atoms with Gasteiger partial charge in [-0.25, -0.2) is 4.98 Å². The van der Waals surface area contributed by atoms with Gasteiger partial charge in [0.1, 0.15) is 5.69 Å². The summed E-state index contributed by atoms with van der Waals surface area (Å²) >= 11 is 0.